The Morgan fingerprint density at radius 1 is 1.20 bits per heavy atom. The summed E-state index contributed by atoms with van der Waals surface area (Å²) < 4.78 is 19.2. The second-order valence-electron chi connectivity index (χ2n) is 4.65. The Labute approximate surface area is 126 Å². The third-order valence-corrected chi connectivity index (χ3v) is 3.84. The molecule has 2 aromatic rings. The normalized spacial score (nSPS) is 12.2. The number of aliphatic hydroxyl groups excluding tert-OH is 1. The smallest absolute Gasteiger partial charge is 0.123 e. The van der Waals surface area contributed by atoms with E-state index in [1.807, 2.05) is 24.3 Å². The van der Waals surface area contributed by atoms with E-state index in [0.717, 1.165) is 21.3 Å². The molecule has 0 aliphatic carbocycles. The monoisotopic (exact) mass is 338 g/mol. The molecule has 0 radical (unpaired) electrons. The van der Waals surface area contributed by atoms with Crippen molar-refractivity contribution < 1.29 is 14.2 Å². The molecule has 2 nitrogen and oxygen atoms in total. The standard InChI is InChI=1S/C16H16BrFO2/c1-20-15-4-2-3-11(8-15)7-14(19)10-12-9-13(18)5-6-16(12)17/h2-6,8-9,14,19H,7,10H2,1H3. The van der Waals surface area contributed by atoms with Crippen LogP contribution in [0.5, 0.6) is 5.75 Å². The number of hydrogen-bond donors (Lipinski definition) is 1. The van der Waals surface area contributed by atoms with Gasteiger partial charge in [0.15, 0.2) is 0 Å². The minimum Gasteiger partial charge on any atom is -0.497 e. The minimum absolute atomic E-state index is 0.295. The molecule has 106 valence electrons. The zero-order valence-corrected chi connectivity index (χ0v) is 12.7. The summed E-state index contributed by atoms with van der Waals surface area (Å²) in [6.45, 7) is 0. The predicted octanol–water partition coefficient (Wildman–Crippen LogP) is 3.74. The highest BCUT2D eigenvalue weighted by Crippen LogP contribution is 2.21. The lowest BCUT2D eigenvalue weighted by atomic mass is 10.0. The molecule has 0 heterocycles. The highest BCUT2D eigenvalue weighted by molar-refractivity contribution is 9.10. The molecule has 1 atom stereocenters. The molecule has 0 spiro atoms. The van der Waals surface area contributed by atoms with Crippen molar-refractivity contribution in [2.75, 3.05) is 7.11 Å². The molecule has 20 heavy (non-hydrogen) atoms. The van der Waals surface area contributed by atoms with Crippen molar-refractivity contribution in [1.82, 2.24) is 0 Å². The van der Waals surface area contributed by atoms with Gasteiger partial charge in [-0.05, 0) is 54.3 Å². The van der Waals surface area contributed by atoms with Gasteiger partial charge in [-0.1, -0.05) is 28.1 Å². The van der Waals surface area contributed by atoms with Crippen LogP contribution in [-0.2, 0) is 12.8 Å². The SMILES string of the molecule is COc1cccc(CC(O)Cc2cc(F)ccc2Br)c1. The summed E-state index contributed by atoms with van der Waals surface area (Å²) >= 11 is 3.37. The Balaban J connectivity index is 2.04. The van der Waals surface area contributed by atoms with E-state index in [1.165, 1.54) is 12.1 Å². The first-order chi connectivity index (χ1) is 9.58. The summed E-state index contributed by atoms with van der Waals surface area (Å²) in [5, 5.41) is 10.2. The van der Waals surface area contributed by atoms with Gasteiger partial charge >= 0.3 is 0 Å². The van der Waals surface area contributed by atoms with Gasteiger partial charge in [-0.2, -0.15) is 0 Å². The fourth-order valence-corrected chi connectivity index (χ4v) is 2.51. The van der Waals surface area contributed by atoms with Crippen LogP contribution in [0.1, 0.15) is 11.1 Å². The van der Waals surface area contributed by atoms with Crippen molar-refractivity contribution in [3.8, 4) is 5.75 Å². The molecule has 0 aromatic heterocycles. The third-order valence-electron chi connectivity index (χ3n) is 3.07. The largest absolute Gasteiger partial charge is 0.497 e. The molecule has 0 saturated carbocycles. The lowest BCUT2D eigenvalue weighted by Crippen LogP contribution is -2.14. The van der Waals surface area contributed by atoms with Crippen LogP contribution in [0.15, 0.2) is 46.9 Å². The van der Waals surface area contributed by atoms with Crippen molar-refractivity contribution in [2.24, 2.45) is 0 Å². The fourth-order valence-electron chi connectivity index (χ4n) is 2.10. The molecular formula is C16H16BrFO2. The van der Waals surface area contributed by atoms with E-state index in [1.54, 1.807) is 13.2 Å². The lowest BCUT2D eigenvalue weighted by molar-refractivity contribution is 0.175. The first kappa shape index (κ1) is 15.0. The molecule has 2 rings (SSSR count). The summed E-state index contributed by atoms with van der Waals surface area (Å²) in [5.74, 6) is 0.471. The van der Waals surface area contributed by atoms with Crippen molar-refractivity contribution in [2.45, 2.75) is 18.9 Å². The number of benzene rings is 2. The number of ether oxygens (including phenoxy) is 1. The van der Waals surface area contributed by atoms with Gasteiger partial charge < -0.3 is 9.84 Å². The average molecular weight is 339 g/mol. The highest BCUT2D eigenvalue weighted by Gasteiger charge is 2.10. The second-order valence-corrected chi connectivity index (χ2v) is 5.50. The Kier molecular flexibility index (Phi) is 5.15. The molecule has 0 aliphatic heterocycles. The highest BCUT2D eigenvalue weighted by atomic mass is 79.9. The third kappa shape index (κ3) is 4.05. The van der Waals surface area contributed by atoms with Gasteiger partial charge in [0.2, 0.25) is 0 Å². The molecule has 0 bridgehead atoms. The molecule has 2 aromatic carbocycles. The molecule has 4 heteroatoms. The average Bonchev–Trinajstić information content (AvgIpc) is 2.43. The van der Waals surface area contributed by atoms with Crippen LogP contribution >= 0.6 is 15.9 Å². The van der Waals surface area contributed by atoms with E-state index in [9.17, 15) is 9.50 Å². The first-order valence-electron chi connectivity index (χ1n) is 6.33. The van der Waals surface area contributed by atoms with Crippen LogP contribution in [0, 0.1) is 5.82 Å². The number of rotatable bonds is 5. The topological polar surface area (TPSA) is 29.5 Å². The molecule has 0 aliphatic rings. The van der Waals surface area contributed by atoms with Gasteiger partial charge in [0.05, 0.1) is 13.2 Å². The maximum atomic E-state index is 13.2. The Hall–Kier alpha value is -1.39. The van der Waals surface area contributed by atoms with E-state index in [-0.39, 0.29) is 5.82 Å². The van der Waals surface area contributed by atoms with Crippen molar-refractivity contribution >= 4 is 15.9 Å². The summed E-state index contributed by atoms with van der Waals surface area (Å²) in [6, 6.07) is 12.1. The maximum absolute atomic E-state index is 13.2. The molecule has 0 saturated heterocycles. The van der Waals surface area contributed by atoms with E-state index < -0.39 is 6.10 Å². The number of hydrogen-bond acceptors (Lipinski definition) is 2. The van der Waals surface area contributed by atoms with Crippen LogP contribution in [0.25, 0.3) is 0 Å². The minimum atomic E-state index is -0.569. The van der Waals surface area contributed by atoms with Crippen LogP contribution < -0.4 is 4.74 Å². The molecule has 1 unspecified atom stereocenters. The summed E-state index contributed by atoms with van der Waals surface area (Å²) in [5.41, 5.74) is 1.75. The van der Waals surface area contributed by atoms with Crippen LogP contribution in [-0.4, -0.2) is 18.3 Å². The van der Waals surface area contributed by atoms with Gasteiger partial charge in [-0.3, -0.25) is 0 Å². The molecule has 0 fully saturated rings. The Morgan fingerprint density at radius 2 is 2.00 bits per heavy atom. The summed E-state index contributed by atoms with van der Waals surface area (Å²) in [6.07, 6.45) is 0.329. The van der Waals surface area contributed by atoms with Crippen molar-refractivity contribution in [3.05, 3.63) is 63.9 Å². The lowest BCUT2D eigenvalue weighted by Gasteiger charge is -2.13. The first-order valence-corrected chi connectivity index (χ1v) is 7.12. The van der Waals surface area contributed by atoms with E-state index >= 15 is 0 Å². The van der Waals surface area contributed by atoms with E-state index in [0.29, 0.717) is 12.8 Å². The quantitative estimate of drug-likeness (QED) is 0.899. The molecule has 0 amide bonds. The van der Waals surface area contributed by atoms with Crippen molar-refractivity contribution in [1.29, 1.82) is 0 Å². The van der Waals surface area contributed by atoms with Crippen LogP contribution in [0.4, 0.5) is 4.39 Å². The van der Waals surface area contributed by atoms with Gasteiger partial charge in [0.25, 0.3) is 0 Å². The number of methoxy groups -OCH3 is 1. The second kappa shape index (κ2) is 6.86. The summed E-state index contributed by atoms with van der Waals surface area (Å²) in [7, 11) is 1.61. The zero-order chi connectivity index (χ0) is 14.5. The van der Waals surface area contributed by atoms with Gasteiger partial charge in [-0.25, -0.2) is 4.39 Å². The predicted molar refractivity (Wildman–Crippen MR) is 80.5 cm³/mol. The number of halogens is 2. The van der Waals surface area contributed by atoms with E-state index in [2.05, 4.69) is 15.9 Å². The maximum Gasteiger partial charge on any atom is 0.123 e. The van der Waals surface area contributed by atoms with E-state index in [4.69, 9.17) is 4.74 Å². The summed E-state index contributed by atoms with van der Waals surface area (Å²) in [4.78, 5) is 0. The van der Waals surface area contributed by atoms with Gasteiger partial charge in [0.1, 0.15) is 11.6 Å². The molecular weight excluding hydrogens is 323 g/mol. The van der Waals surface area contributed by atoms with Crippen LogP contribution in [0.3, 0.4) is 0 Å². The van der Waals surface area contributed by atoms with Crippen molar-refractivity contribution in [3.63, 3.8) is 0 Å². The van der Waals surface area contributed by atoms with Gasteiger partial charge in [0, 0.05) is 4.47 Å². The fraction of sp³-hybridized carbons (Fsp3) is 0.250. The van der Waals surface area contributed by atoms with Crippen LogP contribution in [0.2, 0.25) is 0 Å². The number of aliphatic hydroxyl groups is 1. The Morgan fingerprint density at radius 3 is 2.75 bits per heavy atom. The Bertz CT molecular complexity index is 586. The van der Waals surface area contributed by atoms with Gasteiger partial charge in [-0.15, -0.1) is 0 Å². The zero-order valence-electron chi connectivity index (χ0n) is 11.1. The molecule has 1 N–H and O–H groups in total.